The molecule has 0 saturated carbocycles. The Bertz CT molecular complexity index is 566. The molecular formula is C15H21N3O2. The largest absolute Gasteiger partial charge is 0.497 e. The minimum atomic E-state index is 0.153. The van der Waals surface area contributed by atoms with Crippen molar-refractivity contribution in [3.63, 3.8) is 0 Å². The second-order valence-electron chi connectivity index (χ2n) is 4.73. The minimum Gasteiger partial charge on any atom is -0.497 e. The monoisotopic (exact) mass is 275 g/mol. The summed E-state index contributed by atoms with van der Waals surface area (Å²) in [4.78, 5) is 0. The van der Waals surface area contributed by atoms with Crippen molar-refractivity contribution in [2.75, 3.05) is 14.2 Å². The van der Waals surface area contributed by atoms with Crippen LogP contribution in [-0.4, -0.2) is 24.0 Å². The maximum Gasteiger partial charge on any atom is 0.123 e. The number of rotatable bonds is 6. The summed E-state index contributed by atoms with van der Waals surface area (Å²) >= 11 is 0. The van der Waals surface area contributed by atoms with Crippen molar-refractivity contribution in [1.29, 1.82) is 0 Å². The standard InChI is InChI=1S/C15H21N3O2/c1-11(16-8-12-9-17-18(2)10-12)14-7-13(19-3)5-6-15(14)20-4/h5-7,9-11,16H,8H2,1-4H3. The van der Waals surface area contributed by atoms with Gasteiger partial charge in [0.2, 0.25) is 0 Å². The lowest BCUT2D eigenvalue weighted by Gasteiger charge is -2.18. The minimum absolute atomic E-state index is 0.153. The van der Waals surface area contributed by atoms with Crippen molar-refractivity contribution in [2.45, 2.75) is 19.5 Å². The summed E-state index contributed by atoms with van der Waals surface area (Å²) in [5.41, 5.74) is 2.23. The van der Waals surface area contributed by atoms with Crippen LogP contribution in [0.1, 0.15) is 24.1 Å². The normalized spacial score (nSPS) is 12.2. The molecule has 0 saturated heterocycles. The Balaban J connectivity index is 2.09. The smallest absolute Gasteiger partial charge is 0.123 e. The molecule has 1 aromatic heterocycles. The molecule has 0 fully saturated rings. The van der Waals surface area contributed by atoms with Crippen LogP contribution < -0.4 is 14.8 Å². The van der Waals surface area contributed by atoms with Gasteiger partial charge < -0.3 is 14.8 Å². The molecule has 0 amide bonds. The van der Waals surface area contributed by atoms with E-state index in [-0.39, 0.29) is 6.04 Å². The molecule has 0 aliphatic carbocycles. The molecule has 0 bridgehead atoms. The van der Waals surface area contributed by atoms with Gasteiger partial charge in [-0.3, -0.25) is 4.68 Å². The molecule has 2 aromatic rings. The van der Waals surface area contributed by atoms with E-state index in [9.17, 15) is 0 Å². The number of ether oxygens (including phenoxy) is 2. The summed E-state index contributed by atoms with van der Waals surface area (Å²) in [5, 5.41) is 7.63. The van der Waals surface area contributed by atoms with Crippen LogP contribution in [0, 0.1) is 0 Å². The number of methoxy groups -OCH3 is 2. The van der Waals surface area contributed by atoms with E-state index < -0.39 is 0 Å². The molecule has 0 aliphatic heterocycles. The van der Waals surface area contributed by atoms with Crippen LogP contribution in [0.15, 0.2) is 30.6 Å². The summed E-state index contributed by atoms with van der Waals surface area (Å²) in [6, 6.07) is 5.98. The number of nitrogens with zero attached hydrogens (tertiary/aromatic N) is 2. The average Bonchev–Trinajstić information content (AvgIpc) is 2.89. The van der Waals surface area contributed by atoms with Gasteiger partial charge in [0.15, 0.2) is 0 Å². The second kappa shape index (κ2) is 6.43. The fraction of sp³-hybridized carbons (Fsp3) is 0.400. The predicted molar refractivity (Wildman–Crippen MR) is 78.0 cm³/mol. The number of benzene rings is 1. The average molecular weight is 275 g/mol. The Kier molecular flexibility index (Phi) is 4.63. The first-order valence-electron chi connectivity index (χ1n) is 6.57. The molecule has 108 valence electrons. The molecule has 1 unspecified atom stereocenters. The van der Waals surface area contributed by atoms with Crippen LogP contribution in [-0.2, 0) is 13.6 Å². The van der Waals surface area contributed by atoms with E-state index in [0.717, 1.165) is 29.2 Å². The highest BCUT2D eigenvalue weighted by molar-refractivity contribution is 5.42. The number of aryl methyl sites for hydroxylation is 1. The summed E-state index contributed by atoms with van der Waals surface area (Å²) in [6.07, 6.45) is 3.87. The summed E-state index contributed by atoms with van der Waals surface area (Å²) < 4.78 is 12.5. The van der Waals surface area contributed by atoms with Crippen LogP contribution in [0.25, 0.3) is 0 Å². The molecule has 0 radical (unpaired) electrons. The molecule has 1 aromatic carbocycles. The van der Waals surface area contributed by atoms with E-state index in [2.05, 4.69) is 17.3 Å². The Labute approximate surface area is 119 Å². The molecule has 0 aliphatic rings. The number of aromatic nitrogens is 2. The van der Waals surface area contributed by atoms with E-state index in [4.69, 9.17) is 9.47 Å². The van der Waals surface area contributed by atoms with Gasteiger partial charge in [0.25, 0.3) is 0 Å². The molecule has 0 spiro atoms. The summed E-state index contributed by atoms with van der Waals surface area (Å²) in [5.74, 6) is 1.69. The first kappa shape index (κ1) is 14.4. The van der Waals surface area contributed by atoms with Gasteiger partial charge in [0, 0.05) is 37.0 Å². The maximum atomic E-state index is 5.41. The number of hydrogen-bond donors (Lipinski definition) is 1. The summed E-state index contributed by atoms with van der Waals surface area (Å²) in [6.45, 7) is 2.86. The zero-order valence-electron chi connectivity index (χ0n) is 12.4. The lowest BCUT2D eigenvalue weighted by atomic mass is 10.1. The van der Waals surface area contributed by atoms with E-state index >= 15 is 0 Å². The molecule has 1 atom stereocenters. The predicted octanol–water partition coefficient (Wildman–Crippen LogP) is 2.29. The van der Waals surface area contributed by atoms with Crippen LogP contribution in [0.3, 0.4) is 0 Å². The van der Waals surface area contributed by atoms with Gasteiger partial charge in [-0.1, -0.05) is 0 Å². The van der Waals surface area contributed by atoms with Crippen molar-refractivity contribution in [2.24, 2.45) is 7.05 Å². The number of nitrogens with one attached hydrogen (secondary N) is 1. The molecule has 1 heterocycles. The fourth-order valence-electron chi connectivity index (χ4n) is 2.12. The molecule has 5 heteroatoms. The maximum absolute atomic E-state index is 5.41. The van der Waals surface area contributed by atoms with Crippen molar-refractivity contribution in [3.8, 4) is 11.5 Å². The lowest BCUT2D eigenvalue weighted by Crippen LogP contribution is -2.18. The van der Waals surface area contributed by atoms with Gasteiger partial charge in [-0.05, 0) is 25.1 Å². The molecule has 5 nitrogen and oxygen atoms in total. The SMILES string of the molecule is COc1ccc(OC)c(C(C)NCc2cnn(C)c2)c1. The highest BCUT2D eigenvalue weighted by atomic mass is 16.5. The van der Waals surface area contributed by atoms with Gasteiger partial charge in [0.1, 0.15) is 11.5 Å². The molecular weight excluding hydrogens is 254 g/mol. The van der Waals surface area contributed by atoms with E-state index in [1.807, 2.05) is 37.6 Å². The third-order valence-corrected chi connectivity index (χ3v) is 3.27. The van der Waals surface area contributed by atoms with Crippen molar-refractivity contribution in [3.05, 3.63) is 41.7 Å². The van der Waals surface area contributed by atoms with Gasteiger partial charge in [0.05, 0.1) is 20.4 Å². The van der Waals surface area contributed by atoms with Crippen molar-refractivity contribution >= 4 is 0 Å². The van der Waals surface area contributed by atoms with Crippen molar-refractivity contribution in [1.82, 2.24) is 15.1 Å². The topological polar surface area (TPSA) is 48.3 Å². The van der Waals surface area contributed by atoms with Crippen LogP contribution >= 0.6 is 0 Å². The zero-order valence-corrected chi connectivity index (χ0v) is 12.4. The quantitative estimate of drug-likeness (QED) is 0.878. The highest BCUT2D eigenvalue weighted by Crippen LogP contribution is 2.29. The zero-order chi connectivity index (χ0) is 14.5. The van der Waals surface area contributed by atoms with E-state index in [1.165, 1.54) is 0 Å². The van der Waals surface area contributed by atoms with E-state index in [1.54, 1.807) is 18.9 Å². The van der Waals surface area contributed by atoms with Crippen molar-refractivity contribution < 1.29 is 9.47 Å². The Morgan fingerprint density at radius 1 is 1.30 bits per heavy atom. The lowest BCUT2D eigenvalue weighted by molar-refractivity contribution is 0.391. The van der Waals surface area contributed by atoms with Crippen LogP contribution in [0.2, 0.25) is 0 Å². The van der Waals surface area contributed by atoms with Gasteiger partial charge in [-0.2, -0.15) is 5.10 Å². The molecule has 20 heavy (non-hydrogen) atoms. The van der Waals surface area contributed by atoms with E-state index in [0.29, 0.717) is 0 Å². The second-order valence-corrected chi connectivity index (χ2v) is 4.73. The van der Waals surface area contributed by atoms with Crippen LogP contribution in [0.5, 0.6) is 11.5 Å². The highest BCUT2D eigenvalue weighted by Gasteiger charge is 2.12. The Morgan fingerprint density at radius 3 is 2.70 bits per heavy atom. The number of hydrogen-bond acceptors (Lipinski definition) is 4. The third-order valence-electron chi connectivity index (χ3n) is 3.27. The molecule has 2 rings (SSSR count). The van der Waals surface area contributed by atoms with Gasteiger partial charge in [-0.15, -0.1) is 0 Å². The summed E-state index contributed by atoms with van der Waals surface area (Å²) in [7, 11) is 5.26. The first-order valence-corrected chi connectivity index (χ1v) is 6.57. The third kappa shape index (κ3) is 3.30. The van der Waals surface area contributed by atoms with Gasteiger partial charge in [-0.25, -0.2) is 0 Å². The Morgan fingerprint density at radius 2 is 2.10 bits per heavy atom. The van der Waals surface area contributed by atoms with Crippen LogP contribution in [0.4, 0.5) is 0 Å². The van der Waals surface area contributed by atoms with Gasteiger partial charge >= 0.3 is 0 Å². The molecule has 1 N–H and O–H groups in total. The Hall–Kier alpha value is -2.01. The first-order chi connectivity index (χ1) is 9.63. The fourth-order valence-corrected chi connectivity index (χ4v) is 2.12.